The van der Waals surface area contributed by atoms with Crippen LogP contribution in [0.4, 0.5) is 4.39 Å². The highest BCUT2D eigenvalue weighted by molar-refractivity contribution is 9.09. The molecule has 0 bridgehead atoms. The van der Waals surface area contributed by atoms with Crippen molar-refractivity contribution < 1.29 is 9.18 Å². The zero-order chi connectivity index (χ0) is 10.6. The maximum absolute atomic E-state index is 12.6. The van der Waals surface area contributed by atoms with Gasteiger partial charge in [0.05, 0.1) is 5.33 Å². The summed E-state index contributed by atoms with van der Waals surface area (Å²) in [7, 11) is 0. The standard InChI is InChI=1S/C9H8BrClFNO/c10-4-9(14)13-5-6-1-2-7(12)3-8(6)11/h1-3H,4-5H2,(H,13,14). The molecule has 0 fully saturated rings. The van der Waals surface area contributed by atoms with Gasteiger partial charge in [-0.25, -0.2) is 4.39 Å². The Hall–Kier alpha value is -0.610. The van der Waals surface area contributed by atoms with Gasteiger partial charge in [-0.3, -0.25) is 4.79 Å². The molecule has 1 aromatic carbocycles. The first-order valence-corrected chi connectivity index (χ1v) is 5.40. The summed E-state index contributed by atoms with van der Waals surface area (Å²) in [5, 5.41) is 3.18. The number of nitrogens with one attached hydrogen (secondary N) is 1. The Morgan fingerprint density at radius 3 is 2.86 bits per heavy atom. The number of amides is 1. The normalized spacial score (nSPS) is 9.93. The molecule has 0 atom stereocenters. The van der Waals surface area contributed by atoms with Crippen LogP contribution < -0.4 is 5.32 Å². The molecule has 0 aromatic heterocycles. The van der Waals surface area contributed by atoms with E-state index in [1.165, 1.54) is 12.1 Å². The quantitative estimate of drug-likeness (QED) is 0.847. The Morgan fingerprint density at radius 1 is 1.57 bits per heavy atom. The third-order valence-corrected chi connectivity index (χ3v) is 2.47. The molecule has 0 radical (unpaired) electrons. The highest BCUT2D eigenvalue weighted by atomic mass is 79.9. The fourth-order valence-corrected chi connectivity index (χ4v) is 1.34. The third kappa shape index (κ3) is 3.27. The van der Waals surface area contributed by atoms with Gasteiger partial charge in [0.2, 0.25) is 5.91 Å². The van der Waals surface area contributed by atoms with E-state index in [2.05, 4.69) is 21.2 Å². The number of halogens is 3. The Labute approximate surface area is 94.6 Å². The van der Waals surface area contributed by atoms with Crippen LogP contribution in [0.3, 0.4) is 0 Å². The van der Waals surface area contributed by atoms with Crippen molar-refractivity contribution in [2.75, 3.05) is 5.33 Å². The summed E-state index contributed by atoms with van der Waals surface area (Å²) in [4.78, 5) is 10.9. The van der Waals surface area contributed by atoms with Crippen molar-refractivity contribution in [2.24, 2.45) is 0 Å². The molecule has 76 valence electrons. The second kappa shape index (κ2) is 5.32. The molecule has 0 unspecified atom stereocenters. The van der Waals surface area contributed by atoms with Crippen LogP contribution >= 0.6 is 27.5 Å². The van der Waals surface area contributed by atoms with Gasteiger partial charge in [-0.2, -0.15) is 0 Å². The van der Waals surface area contributed by atoms with Gasteiger partial charge in [0.15, 0.2) is 0 Å². The van der Waals surface area contributed by atoms with E-state index < -0.39 is 0 Å². The Balaban J connectivity index is 2.63. The molecule has 1 rings (SSSR count). The average Bonchev–Trinajstić information content (AvgIpc) is 2.16. The van der Waals surface area contributed by atoms with Crippen LogP contribution in [0.25, 0.3) is 0 Å². The number of hydrogen-bond donors (Lipinski definition) is 1. The molecule has 1 N–H and O–H groups in total. The number of carbonyl (C=O) groups is 1. The summed E-state index contributed by atoms with van der Waals surface area (Å²) in [5.74, 6) is -0.518. The number of carbonyl (C=O) groups excluding carboxylic acids is 1. The van der Waals surface area contributed by atoms with E-state index in [0.717, 1.165) is 0 Å². The molecule has 0 aliphatic rings. The van der Waals surface area contributed by atoms with Crippen LogP contribution in [-0.4, -0.2) is 11.2 Å². The summed E-state index contributed by atoms with van der Waals surface area (Å²) in [6, 6.07) is 4.07. The number of benzene rings is 1. The van der Waals surface area contributed by atoms with Gasteiger partial charge >= 0.3 is 0 Å². The van der Waals surface area contributed by atoms with Crippen molar-refractivity contribution in [3.05, 3.63) is 34.6 Å². The molecular formula is C9H8BrClFNO. The van der Waals surface area contributed by atoms with Gasteiger partial charge in [-0.15, -0.1) is 0 Å². The lowest BCUT2D eigenvalue weighted by Gasteiger charge is -2.05. The van der Waals surface area contributed by atoms with Gasteiger partial charge in [0.25, 0.3) is 0 Å². The maximum atomic E-state index is 12.6. The van der Waals surface area contributed by atoms with E-state index in [9.17, 15) is 9.18 Å². The van der Waals surface area contributed by atoms with Crippen molar-refractivity contribution in [3.8, 4) is 0 Å². The predicted molar refractivity (Wildman–Crippen MR) is 57.1 cm³/mol. The van der Waals surface area contributed by atoms with Gasteiger partial charge < -0.3 is 5.32 Å². The molecule has 0 saturated carbocycles. The fraction of sp³-hybridized carbons (Fsp3) is 0.222. The monoisotopic (exact) mass is 279 g/mol. The molecule has 0 heterocycles. The second-order valence-electron chi connectivity index (χ2n) is 2.65. The van der Waals surface area contributed by atoms with Crippen molar-refractivity contribution in [3.63, 3.8) is 0 Å². The molecule has 0 aliphatic heterocycles. The molecule has 14 heavy (non-hydrogen) atoms. The van der Waals surface area contributed by atoms with Gasteiger partial charge in [0.1, 0.15) is 5.82 Å². The fourth-order valence-electron chi connectivity index (χ4n) is 0.906. The van der Waals surface area contributed by atoms with Crippen molar-refractivity contribution in [1.82, 2.24) is 5.32 Å². The minimum atomic E-state index is -0.384. The Morgan fingerprint density at radius 2 is 2.29 bits per heavy atom. The van der Waals surface area contributed by atoms with Crippen LogP contribution in [-0.2, 0) is 11.3 Å². The minimum absolute atomic E-state index is 0.134. The van der Waals surface area contributed by atoms with E-state index in [1.54, 1.807) is 6.07 Å². The van der Waals surface area contributed by atoms with E-state index in [-0.39, 0.29) is 17.1 Å². The molecule has 0 aliphatic carbocycles. The lowest BCUT2D eigenvalue weighted by Crippen LogP contribution is -2.23. The van der Waals surface area contributed by atoms with E-state index in [1.807, 2.05) is 0 Å². The van der Waals surface area contributed by atoms with Crippen molar-refractivity contribution in [2.45, 2.75) is 6.54 Å². The lowest BCUT2D eigenvalue weighted by atomic mass is 10.2. The zero-order valence-corrected chi connectivity index (χ0v) is 9.53. The van der Waals surface area contributed by atoms with Crippen LogP contribution in [0.2, 0.25) is 5.02 Å². The molecule has 1 aromatic rings. The van der Waals surface area contributed by atoms with Crippen molar-refractivity contribution in [1.29, 1.82) is 0 Å². The molecular weight excluding hydrogens is 272 g/mol. The second-order valence-corrected chi connectivity index (χ2v) is 3.61. The molecule has 0 saturated heterocycles. The van der Waals surface area contributed by atoms with Crippen LogP contribution in [0.5, 0.6) is 0 Å². The van der Waals surface area contributed by atoms with Gasteiger partial charge in [0, 0.05) is 11.6 Å². The topological polar surface area (TPSA) is 29.1 Å². The van der Waals surface area contributed by atoms with E-state index in [4.69, 9.17) is 11.6 Å². The molecule has 1 amide bonds. The molecule has 5 heteroatoms. The summed E-state index contributed by atoms with van der Waals surface area (Å²) in [5.41, 5.74) is 0.697. The van der Waals surface area contributed by atoms with Gasteiger partial charge in [-0.05, 0) is 17.7 Å². The van der Waals surface area contributed by atoms with Crippen LogP contribution in [0.15, 0.2) is 18.2 Å². The number of hydrogen-bond acceptors (Lipinski definition) is 1. The Kier molecular flexibility index (Phi) is 4.35. The Bertz CT molecular complexity index is 346. The summed E-state index contributed by atoms with van der Waals surface area (Å²) >= 11 is 8.77. The van der Waals surface area contributed by atoms with Crippen LogP contribution in [0.1, 0.15) is 5.56 Å². The molecule has 0 spiro atoms. The lowest BCUT2D eigenvalue weighted by molar-refractivity contribution is -0.118. The first-order chi connectivity index (χ1) is 6.63. The largest absolute Gasteiger partial charge is 0.351 e. The van der Waals surface area contributed by atoms with Crippen molar-refractivity contribution >= 4 is 33.4 Å². The highest BCUT2D eigenvalue weighted by Crippen LogP contribution is 2.16. The maximum Gasteiger partial charge on any atom is 0.230 e. The first kappa shape index (κ1) is 11.5. The number of alkyl halides is 1. The average molecular weight is 281 g/mol. The summed E-state index contributed by atoms with van der Waals surface area (Å²) in [6.45, 7) is 0.309. The SMILES string of the molecule is O=C(CBr)NCc1ccc(F)cc1Cl. The summed E-state index contributed by atoms with van der Waals surface area (Å²) in [6.07, 6.45) is 0. The van der Waals surface area contributed by atoms with E-state index in [0.29, 0.717) is 17.1 Å². The predicted octanol–water partition coefficient (Wildman–Crippen LogP) is 2.49. The highest BCUT2D eigenvalue weighted by Gasteiger charge is 2.03. The molecule has 2 nitrogen and oxygen atoms in total. The first-order valence-electron chi connectivity index (χ1n) is 3.90. The van der Waals surface area contributed by atoms with Crippen LogP contribution in [0, 0.1) is 5.82 Å². The summed E-state index contributed by atoms with van der Waals surface area (Å²) < 4.78 is 12.6. The van der Waals surface area contributed by atoms with E-state index >= 15 is 0 Å². The van der Waals surface area contributed by atoms with Gasteiger partial charge in [-0.1, -0.05) is 33.6 Å². The minimum Gasteiger partial charge on any atom is -0.351 e. The zero-order valence-electron chi connectivity index (χ0n) is 7.19. The third-order valence-electron chi connectivity index (χ3n) is 1.61. The smallest absolute Gasteiger partial charge is 0.230 e. The number of rotatable bonds is 3.